The fourth-order valence-electron chi connectivity index (χ4n) is 7.43. The predicted octanol–water partition coefficient (Wildman–Crippen LogP) is 10.2. The van der Waals surface area contributed by atoms with Crippen molar-refractivity contribution in [2.75, 3.05) is 0 Å². The van der Waals surface area contributed by atoms with Crippen LogP contribution in [-0.2, 0) is 0 Å². The van der Waals surface area contributed by atoms with E-state index in [1.807, 2.05) is 18.2 Å². The largest absolute Gasteiger partial charge is 0.509 e. The van der Waals surface area contributed by atoms with Crippen molar-refractivity contribution in [3.63, 3.8) is 0 Å². The van der Waals surface area contributed by atoms with Gasteiger partial charge < -0.3 is 29.9 Å². The zero-order valence-corrected chi connectivity index (χ0v) is 26.6. The number of benzene rings is 7. The second-order valence-corrected chi connectivity index (χ2v) is 12.7. The van der Waals surface area contributed by atoms with E-state index in [1.54, 1.807) is 18.2 Å². The minimum atomic E-state index is -1.83. The summed E-state index contributed by atoms with van der Waals surface area (Å²) in [7, 11) is 0. The normalized spacial score (nSPS) is 16.7. The fraction of sp³-hybridized carbons (Fsp3) is 0.0455. The van der Waals surface area contributed by atoms with E-state index >= 15 is 0 Å². The van der Waals surface area contributed by atoms with Gasteiger partial charge in [-0.2, -0.15) is 0 Å². The average molecular weight is 655 g/mol. The maximum absolute atomic E-state index is 10.7. The molecule has 0 saturated heterocycles. The number of aliphatic hydroxyl groups excluding tert-OH is 5. The van der Waals surface area contributed by atoms with Gasteiger partial charge >= 0.3 is 0 Å². The van der Waals surface area contributed by atoms with Crippen molar-refractivity contribution in [2.45, 2.75) is 12.2 Å². The summed E-state index contributed by atoms with van der Waals surface area (Å²) in [5.41, 5.74) is 8.02. The summed E-state index contributed by atoms with van der Waals surface area (Å²) in [4.78, 5) is 0. The Morgan fingerprint density at radius 1 is 0.400 bits per heavy atom. The molecule has 7 aromatic carbocycles. The molecule has 5 N–H and O–H groups in total. The van der Waals surface area contributed by atoms with Crippen molar-refractivity contribution in [1.29, 1.82) is 0 Å². The van der Waals surface area contributed by atoms with Crippen LogP contribution in [-0.4, -0.2) is 37.7 Å². The van der Waals surface area contributed by atoms with E-state index in [0.29, 0.717) is 22.1 Å². The van der Waals surface area contributed by atoms with Crippen LogP contribution in [0.2, 0.25) is 0 Å². The first-order valence-electron chi connectivity index (χ1n) is 16.4. The lowest BCUT2D eigenvalue weighted by molar-refractivity contribution is 0.00946. The molecule has 2 atom stereocenters. The van der Waals surface area contributed by atoms with E-state index in [1.165, 1.54) is 0 Å². The van der Waals surface area contributed by atoms with Gasteiger partial charge in [-0.1, -0.05) is 109 Å². The van der Waals surface area contributed by atoms with Crippen LogP contribution >= 0.6 is 0 Å². The van der Waals surface area contributed by atoms with Crippen LogP contribution < -0.4 is 0 Å². The molecule has 0 amide bonds. The number of aliphatic hydroxyl groups is 5. The van der Waals surface area contributed by atoms with E-state index in [4.69, 9.17) is 4.42 Å². The molecule has 8 aromatic rings. The Morgan fingerprint density at radius 3 is 1.46 bits per heavy atom. The Kier molecular flexibility index (Phi) is 6.78. The monoisotopic (exact) mass is 654 g/mol. The Bertz CT molecular complexity index is 2610. The highest BCUT2D eigenvalue weighted by Crippen LogP contribution is 2.45. The molecule has 1 aromatic heterocycles. The van der Waals surface area contributed by atoms with Crippen molar-refractivity contribution in [2.24, 2.45) is 0 Å². The number of furan rings is 1. The summed E-state index contributed by atoms with van der Waals surface area (Å²) in [6, 6.07) is 47.2. The molecule has 6 nitrogen and oxygen atoms in total. The number of allylic oxidation sites excluding steroid dienone is 1. The van der Waals surface area contributed by atoms with Crippen LogP contribution in [0, 0.1) is 0 Å². The smallest absolute Gasteiger partial charge is 0.167 e. The number of hydrogen-bond donors (Lipinski definition) is 5. The predicted molar refractivity (Wildman–Crippen MR) is 199 cm³/mol. The molecule has 242 valence electrons. The van der Waals surface area contributed by atoms with Crippen LogP contribution in [0.4, 0.5) is 0 Å². The van der Waals surface area contributed by atoms with Gasteiger partial charge in [0, 0.05) is 10.8 Å². The maximum Gasteiger partial charge on any atom is 0.167 e. The van der Waals surface area contributed by atoms with Gasteiger partial charge in [0.25, 0.3) is 0 Å². The van der Waals surface area contributed by atoms with Crippen LogP contribution in [0.3, 0.4) is 0 Å². The number of hydrogen-bond acceptors (Lipinski definition) is 6. The van der Waals surface area contributed by atoms with Crippen molar-refractivity contribution >= 4 is 49.1 Å². The molecule has 0 fully saturated rings. The molecule has 50 heavy (non-hydrogen) atoms. The molecule has 6 heteroatoms. The first-order valence-corrected chi connectivity index (χ1v) is 16.4. The van der Waals surface area contributed by atoms with Crippen molar-refractivity contribution < 1.29 is 29.9 Å². The Morgan fingerprint density at radius 2 is 0.900 bits per heavy atom. The molecule has 0 spiro atoms. The van der Waals surface area contributed by atoms with Gasteiger partial charge in [0.05, 0.1) is 5.57 Å². The second-order valence-electron chi connectivity index (χ2n) is 12.7. The zero-order valence-electron chi connectivity index (χ0n) is 26.6. The van der Waals surface area contributed by atoms with Crippen molar-refractivity contribution in [1.82, 2.24) is 0 Å². The molecule has 0 bridgehead atoms. The highest BCUT2D eigenvalue weighted by molar-refractivity contribution is 6.20. The van der Waals surface area contributed by atoms with Gasteiger partial charge in [0.1, 0.15) is 29.1 Å². The highest BCUT2D eigenvalue weighted by atomic mass is 16.4. The van der Waals surface area contributed by atoms with E-state index in [2.05, 4.69) is 103 Å². The minimum absolute atomic E-state index is 0.158. The molecule has 1 aliphatic carbocycles. The molecule has 2 unspecified atom stereocenters. The Hall–Kier alpha value is -6.34. The molecule has 9 rings (SSSR count). The summed E-state index contributed by atoms with van der Waals surface area (Å²) in [6.07, 6.45) is -3.62. The number of rotatable bonds is 4. The van der Waals surface area contributed by atoms with Gasteiger partial charge in [0.15, 0.2) is 11.5 Å². The topological polar surface area (TPSA) is 114 Å². The third-order valence-corrected chi connectivity index (χ3v) is 9.85. The van der Waals surface area contributed by atoms with Gasteiger partial charge in [0.2, 0.25) is 0 Å². The van der Waals surface area contributed by atoms with Gasteiger partial charge in [-0.05, 0) is 90.8 Å². The molecule has 1 heterocycles. The van der Waals surface area contributed by atoms with Crippen molar-refractivity contribution in [3.8, 4) is 33.4 Å². The first kappa shape index (κ1) is 29.8. The van der Waals surface area contributed by atoms with E-state index in [0.717, 1.165) is 60.3 Å². The first-order chi connectivity index (χ1) is 24.4. The van der Waals surface area contributed by atoms with E-state index in [-0.39, 0.29) is 5.57 Å². The van der Waals surface area contributed by atoms with Crippen molar-refractivity contribution in [3.05, 3.63) is 162 Å². The summed E-state index contributed by atoms with van der Waals surface area (Å²) in [5, 5.41) is 58.1. The Balaban J connectivity index is 1.33. The maximum atomic E-state index is 10.7. The third kappa shape index (κ3) is 4.50. The summed E-state index contributed by atoms with van der Waals surface area (Å²) in [5.74, 6) is -2.14. The quantitative estimate of drug-likeness (QED) is 0.121. The lowest BCUT2D eigenvalue weighted by Gasteiger charge is -2.25. The minimum Gasteiger partial charge on any atom is -0.509 e. The molecule has 0 aliphatic heterocycles. The van der Waals surface area contributed by atoms with Gasteiger partial charge in [-0.25, -0.2) is 0 Å². The average Bonchev–Trinajstić information content (AvgIpc) is 3.53. The summed E-state index contributed by atoms with van der Waals surface area (Å²) in [6.45, 7) is 0. The van der Waals surface area contributed by atoms with Crippen LogP contribution in [0.25, 0.3) is 82.4 Å². The van der Waals surface area contributed by atoms with Crippen LogP contribution in [0.1, 0.15) is 5.56 Å². The molecule has 0 radical (unpaired) electrons. The molecular weight excluding hydrogens is 624 g/mol. The van der Waals surface area contributed by atoms with Gasteiger partial charge in [-0.3, -0.25) is 0 Å². The van der Waals surface area contributed by atoms with Crippen LogP contribution in [0.15, 0.2) is 161 Å². The van der Waals surface area contributed by atoms with Gasteiger partial charge in [-0.15, -0.1) is 0 Å². The van der Waals surface area contributed by atoms with E-state index < -0.39 is 29.5 Å². The SMILES string of the molecule is OC1=C(O)C(O)C(O)C(O)=C1c1ccc2oc3ccc(-c4c5cccc(-c6ccccc6)c5cc5c(-c6ccccc6)cccc45)cc3c2c1. The number of fused-ring (bicyclic) bond motifs is 5. The Labute approximate surface area is 286 Å². The molecule has 0 saturated carbocycles. The molecular formula is C44H30O6. The second kappa shape index (κ2) is 11.4. The lowest BCUT2D eigenvalue weighted by Crippen LogP contribution is -2.34. The fourth-order valence-corrected chi connectivity index (χ4v) is 7.43. The third-order valence-electron chi connectivity index (χ3n) is 9.85. The van der Waals surface area contributed by atoms with E-state index in [9.17, 15) is 25.5 Å². The molecule has 1 aliphatic rings. The summed E-state index contributed by atoms with van der Waals surface area (Å²) >= 11 is 0. The summed E-state index contributed by atoms with van der Waals surface area (Å²) < 4.78 is 6.24. The zero-order chi connectivity index (χ0) is 34.1. The van der Waals surface area contributed by atoms with Crippen LogP contribution in [0.5, 0.6) is 0 Å². The standard InChI is InChI=1S/C44H30O6/c45-40-39(41(46)43(48)44(49)42(40)47)27-18-20-37-35(22-27)34-21-26(17-19-36(34)50-37)38-30-15-7-13-28(24-9-3-1-4-10-24)32(30)23-33-29(14-8-16-31(33)38)25-11-5-2-6-12-25/h1-23,42,44-49H. The highest BCUT2D eigenvalue weighted by Gasteiger charge is 2.36. The lowest BCUT2D eigenvalue weighted by atomic mass is 9.86.